The van der Waals surface area contributed by atoms with E-state index in [9.17, 15) is 9.59 Å². The van der Waals surface area contributed by atoms with Crippen LogP contribution in [0.4, 0.5) is 17.2 Å². The molecule has 3 rings (SSSR count). The molecule has 0 aliphatic heterocycles. The maximum absolute atomic E-state index is 12.3. The first-order valence-corrected chi connectivity index (χ1v) is 8.82. The van der Waals surface area contributed by atoms with Gasteiger partial charge in [0, 0.05) is 24.8 Å². The van der Waals surface area contributed by atoms with Crippen molar-refractivity contribution in [2.24, 2.45) is 0 Å². The summed E-state index contributed by atoms with van der Waals surface area (Å²) >= 11 is 0. The third kappa shape index (κ3) is 5.38. The minimum absolute atomic E-state index is 0.178. The normalized spacial score (nSPS) is 10.2. The van der Waals surface area contributed by atoms with E-state index in [0.29, 0.717) is 23.7 Å². The first kappa shape index (κ1) is 19.0. The number of benzene rings is 2. The van der Waals surface area contributed by atoms with Gasteiger partial charge in [-0.15, -0.1) is 10.2 Å². The van der Waals surface area contributed by atoms with E-state index < -0.39 is 0 Å². The van der Waals surface area contributed by atoms with Gasteiger partial charge < -0.3 is 16.0 Å². The Kier molecular flexibility index (Phi) is 5.96. The number of carbonyl (C=O) groups excluding carboxylic acids is 2. The second kappa shape index (κ2) is 8.77. The summed E-state index contributed by atoms with van der Waals surface area (Å²) in [5.41, 5.74) is 3.70. The zero-order chi connectivity index (χ0) is 19.9. The number of aromatic nitrogens is 2. The van der Waals surface area contributed by atoms with Gasteiger partial charge in [0.05, 0.1) is 0 Å². The van der Waals surface area contributed by atoms with Crippen LogP contribution in [0.5, 0.6) is 0 Å². The Labute approximate surface area is 163 Å². The van der Waals surface area contributed by atoms with Crippen LogP contribution in [0.2, 0.25) is 0 Å². The van der Waals surface area contributed by atoms with E-state index in [1.807, 2.05) is 19.1 Å². The summed E-state index contributed by atoms with van der Waals surface area (Å²) in [7, 11) is 0. The molecular weight excluding hydrogens is 354 g/mol. The molecule has 0 spiro atoms. The van der Waals surface area contributed by atoms with Crippen LogP contribution in [-0.4, -0.2) is 22.0 Å². The lowest BCUT2D eigenvalue weighted by Gasteiger charge is -2.08. The van der Waals surface area contributed by atoms with E-state index in [1.165, 1.54) is 12.5 Å². The summed E-state index contributed by atoms with van der Waals surface area (Å²) in [4.78, 5) is 23.5. The highest BCUT2D eigenvalue weighted by Gasteiger charge is 2.09. The van der Waals surface area contributed by atoms with Crippen molar-refractivity contribution >= 4 is 29.0 Å². The van der Waals surface area contributed by atoms with E-state index >= 15 is 0 Å². The quantitative estimate of drug-likeness (QED) is 0.612. The van der Waals surface area contributed by atoms with Crippen LogP contribution in [0.1, 0.15) is 28.5 Å². The van der Waals surface area contributed by atoms with Crippen molar-refractivity contribution < 1.29 is 9.59 Å². The number of rotatable bonds is 6. The summed E-state index contributed by atoms with van der Waals surface area (Å²) in [6.45, 7) is 4.09. The van der Waals surface area contributed by atoms with Gasteiger partial charge >= 0.3 is 0 Å². The number of nitrogens with one attached hydrogen (secondary N) is 3. The number of carbonyl (C=O) groups is 2. The average molecular weight is 375 g/mol. The average Bonchev–Trinajstić information content (AvgIpc) is 2.68. The first-order chi connectivity index (χ1) is 13.5. The molecule has 0 saturated carbocycles. The molecule has 0 aliphatic rings. The highest BCUT2D eigenvalue weighted by molar-refractivity contribution is 6.03. The molecule has 0 saturated heterocycles. The maximum Gasteiger partial charge on any atom is 0.276 e. The second-order valence-corrected chi connectivity index (χ2v) is 6.36. The standard InChI is InChI=1S/C21H21N5O2/c1-14-6-8-16(9-7-14)13-22-20-11-10-19(25-26-20)21(28)24-18-5-3-4-17(12-18)23-15(2)27/h3-12H,13H2,1-2H3,(H,22,26)(H,23,27)(H,24,28). The predicted octanol–water partition coefficient (Wildman–Crippen LogP) is 3.61. The van der Waals surface area contributed by atoms with Crippen LogP contribution in [0, 0.1) is 6.92 Å². The van der Waals surface area contributed by atoms with Gasteiger partial charge in [-0.25, -0.2) is 0 Å². The van der Waals surface area contributed by atoms with Crippen molar-refractivity contribution in [3.8, 4) is 0 Å². The number of amides is 2. The molecule has 0 bridgehead atoms. The van der Waals surface area contributed by atoms with Crippen molar-refractivity contribution in [1.29, 1.82) is 0 Å². The molecule has 1 heterocycles. The number of aryl methyl sites for hydroxylation is 1. The van der Waals surface area contributed by atoms with Crippen molar-refractivity contribution in [1.82, 2.24) is 10.2 Å². The fourth-order valence-corrected chi connectivity index (χ4v) is 2.52. The van der Waals surface area contributed by atoms with Crippen LogP contribution in [0.3, 0.4) is 0 Å². The van der Waals surface area contributed by atoms with E-state index in [2.05, 4.69) is 38.3 Å². The molecule has 7 nitrogen and oxygen atoms in total. The molecule has 0 fully saturated rings. The number of anilines is 3. The van der Waals surface area contributed by atoms with E-state index in [1.54, 1.807) is 36.4 Å². The van der Waals surface area contributed by atoms with Gasteiger partial charge in [-0.05, 0) is 42.8 Å². The third-order valence-corrected chi connectivity index (χ3v) is 3.93. The Hall–Kier alpha value is -3.74. The largest absolute Gasteiger partial charge is 0.365 e. The predicted molar refractivity (Wildman–Crippen MR) is 109 cm³/mol. The van der Waals surface area contributed by atoms with Gasteiger partial charge in [0.25, 0.3) is 5.91 Å². The molecule has 0 atom stereocenters. The smallest absolute Gasteiger partial charge is 0.276 e. The van der Waals surface area contributed by atoms with Gasteiger partial charge in [0.2, 0.25) is 5.91 Å². The van der Waals surface area contributed by atoms with Crippen molar-refractivity contribution in [2.75, 3.05) is 16.0 Å². The first-order valence-electron chi connectivity index (χ1n) is 8.82. The lowest BCUT2D eigenvalue weighted by Crippen LogP contribution is -2.15. The van der Waals surface area contributed by atoms with Gasteiger partial charge in [-0.2, -0.15) is 0 Å². The molecule has 2 amide bonds. The highest BCUT2D eigenvalue weighted by atomic mass is 16.2. The number of nitrogens with zero attached hydrogens (tertiary/aromatic N) is 2. The maximum atomic E-state index is 12.3. The highest BCUT2D eigenvalue weighted by Crippen LogP contribution is 2.16. The van der Waals surface area contributed by atoms with Crippen molar-refractivity contribution in [3.05, 3.63) is 77.5 Å². The zero-order valence-corrected chi connectivity index (χ0v) is 15.7. The van der Waals surface area contributed by atoms with Gasteiger partial charge in [0.1, 0.15) is 5.82 Å². The minimum Gasteiger partial charge on any atom is -0.365 e. The monoisotopic (exact) mass is 375 g/mol. The molecule has 7 heteroatoms. The Bertz CT molecular complexity index is 969. The number of hydrogen-bond donors (Lipinski definition) is 3. The molecule has 0 aliphatic carbocycles. The van der Waals surface area contributed by atoms with Crippen LogP contribution >= 0.6 is 0 Å². The van der Waals surface area contributed by atoms with Crippen LogP contribution in [0.15, 0.2) is 60.7 Å². The molecule has 0 radical (unpaired) electrons. The lowest BCUT2D eigenvalue weighted by molar-refractivity contribution is -0.114. The van der Waals surface area contributed by atoms with Crippen LogP contribution in [0.25, 0.3) is 0 Å². The van der Waals surface area contributed by atoms with Gasteiger partial charge in [-0.1, -0.05) is 35.9 Å². The Morgan fingerprint density at radius 2 is 1.61 bits per heavy atom. The van der Waals surface area contributed by atoms with Crippen LogP contribution in [-0.2, 0) is 11.3 Å². The molecule has 2 aromatic carbocycles. The molecule has 1 aromatic heterocycles. The zero-order valence-electron chi connectivity index (χ0n) is 15.7. The SMILES string of the molecule is CC(=O)Nc1cccc(NC(=O)c2ccc(NCc3ccc(C)cc3)nn2)c1. The second-order valence-electron chi connectivity index (χ2n) is 6.36. The molecular formula is C21H21N5O2. The Morgan fingerprint density at radius 1 is 0.893 bits per heavy atom. The van der Waals surface area contributed by atoms with E-state index in [-0.39, 0.29) is 17.5 Å². The van der Waals surface area contributed by atoms with Crippen molar-refractivity contribution in [2.45, 2.75) is 20.4 Å². The Morgan fingerprint density at radius 3 is 2.25 bits per heavy atom. The fraction of sp³-hybridized carbons (Fsp3) is 0.143. The summed E-state index contributed by atoms with van der Waals surface area (Å²) in [5, 5.41) is 16.6. The van der Waals surface area contributed by atoms with Gasteiger partial charge in [-0.3, -0.25) is 9.59 Å². The summed E-state index contributed by atoms with van der Waals surface area (Å²) in [5.74, 6) is 0.0328. The fourth-order valence-electron chi connectivity index (χ4n) is 2.52. The molecule has 28 heavy (non-hydrogen) atoms. The van der Waals surface area contributed by atoms with E-state index in [4.69, 9.17) is 0 Å². The molecule has 0 unspecified atom stereocenters. The lowest BCUT2D eigenvalue weighted by atomic mass is 10.1. The molecule has 3 aromatic rings. The van der Waals surface area contributed by atoms with Gasteiger partial charge in [0.15, 0.2) is 5.69 Å². The summed E-state index contributed by atoms with van der Waals surface area (Å²) in [6, 6.07) is 18.4. The van der Waals surface area contributed by atoms with Crippen LogP contribution < -0.4 is 16.0 Å². The third-order valence-electron chi connectivity index (χ3n) is 3.93. The Balaban J connectivity index is 1.59. The van der Waals surface area contributed by atoms with Crippen molar-refractivity contribution in [3.63, 3.8) is 0 Å². The molecule has 142 valence electrons. The topological polar surface area (TPSA) is 96.0 Å². The van der Waals surface area contributed by atoms with E-state index in [0.717, 1.165) is 5.56 Å². The minimum atomic E-state index is -0.377. The molecule has 3 N–H and O–H groups in total. The summed E-state index contributed by atoms with van der Waals surface area (Å²) < 4.78 is 0. The summed E-state index contributed by atoms with van der Waals surface area (Å²) in [6.07, 6.45) is 0. The number of hydrogen-bond acceptors (Lipinski definition) is 5.